The van der Waals surface area contributed by atoms with E-state index in [1.807, 2.05) is 6.92 Å². The molecule has 0 aromatic carbocycles. The number of rotatable bonds is 2. The largest absolute Gasteiger partial charge is 0.466 e. The summed E-state index contributed by atoms with van der Waals surface area (Å²) in [5, 5.41) is 2.90. The second-order valence-electron chi connectivity index (χ2n) is 2.93. The molecule has 5 nitrogen and oxygen atoms in total. The van der Waals surface area contributed by atoms with Gasteiger partial charge in [-0.05, 0) is 6.42 Å². The molecule has 78 valence electrons. The number of hydrogen-bond donors (Lipinski definition) is 1. The third kappa shape index (κ3) is 2.48. The maximum absolute atomic E-state index is 11.1. The Hall–Kier alpha value is -1.52. The minimum atomic E-state index is -0.568. The number of esters is 2. The molecule has 1 heterocycles. The average Bonchev–Trinajstić information content (AvgIpc) is 2.21. The van der Waals surface area contributed by atoms with Crippen LogP contribution >= 0.6 is 0 Å². The van der Waals surface area contributed by atoms with E-state index in [-0.39, 0.29) is 11.7 Å². The lowest BCUT2D eigenvalue weighted by molar-refractivity contribution is -0.144. The fourth-order valence-corrected chi connectivity index (χ4v) is 1.07. The van der Waals surface area contributed by atoms with E-state index in [4.69, 9.17) is 4.74 Å². The molecule has 0 aromatic rings. The zero-order chi connectivity index (χ0) is 10.6. The van der Waals surface area contributed by atoms with Gasteiger partial charge >= 0.3 is 11.9 Å². The van der Waals surface area contributed by atoms with Gasteiger partial charge in [-0.25, -0.2) is 9.59 Å². The second kappa shape index (κ2) is 4.64. The van der Waals surface area contributed by atoms with Gasteiger partial charge < -0.3 is 14.8 Å². The average molecular weight is 199 g/mol. The summed E-state index contributed by atoms with van der Waals surface area (Å²) in [7, 11) is 1.25. The lowest BCUT2D eigenvalue weighted by atomic mass is 10.2. The van der Waals surface area contributed by atoms with Gasteiger partial charge in [0.05, 0.1) is 19.2 Å². The molecule has 1 rings (SSSR count). The fraction of sp³-hybridized carbons (Fsp3) is 0.556. The third-order valence-electron chi connectivity index (χ3n) is 1.95. The molecule has 14 heavy (non-hydrogen) atoms. The predicted molar refractivity (Wildman–Crippen MR) is 48.3 cm³/mol. The molecule has 1 unspecified atom stereocenters. The van der Waals surface area contributed by atoms with Gasteiger partial charge in [-0.15, -0.1) is 0 Å². The minimum absolute atomic E-state index is 0.0728. The minimum Gasteiger partial charge on any atom is -0.466 e. The number of hydrogen-bond acceptors (Lipinski definition) is 5. The number of nitrogens with one attached hydrogen (secondary N) is 1. The molecule has 0 spiro atoms. The van der Waals surface area contributed by atoms with Crippen LogP contribution in [0.1, 0.15) is 13.3 Å². The molecule has 1 N–H and O–H groups in total. The molecule has 1 atom stereocenters. The highest BCUT2D eigenvalue weighted by Crippen LogP contribution is 2.07. The SMILES string of the molecule is CCC1COC(=O)C(=CC(=O)OC)N1. The molecule has 0 bridgehead atoms. The fourth-order valence-electron chi connectivity index (χ4n) is 1.07. The van der Waals surface area contributed by atoms with Crippen LogP contribution in [0.15, 0.2) is 11.8 Å². The Morgan fingerprint density at radius 1 is 1.79 bits per heavy atom. The van der Waals surface area contributed by atoms with Crippen LogP contribution in [0.4, 0.5) is 0 Å². The van der Waals surface area contributed by atoms with Crippen molar-refractivity contribution in [1.82, 2.24) is 5.32 Å². The van der Waals surface area contributed by atoms with Crippen LogP contribution < -0.4 is 5.32 Å². The first-order valence-electron chi connectivity index (χ1n) is 4.40. The summed E-state index contributed by atoms with van der Waals surface area (Å²) in [6.45, 7) is 2.31. The molecule has 0 amide bonds. The van der Waals surface area contributed by atoms with E-state index in [0.29, 0.717) is 6.61 Å². The number of methoxy groups -OCH3 is 1. The highest BCUT2D eigenvalue weighted by atomic mass is 16.5. The van der Waals surface area contributed by atoms with Crippen molar-refractivity contribution in [2.24, 2.45) is 0 Å². The molecule has 0 aliphatic carbocycles. The zero-order valence-corrected chi connectivity index (χ0v) is 8.20. The Labute approximate surface area is 82.1 Å². The zero-order valence-electron chi connectivity index (χ0n) is 8.20. The van der Waals surface area contributed by atoms with Gasteiger partial charge in [0.15, 0.2) is 0 Å². The van der Waals surface area contributed by atoms with Gasteiger partial charge in [0.25, 0.3) is 0 Å². The first-order chi connectivity index (χ1) is 6.67. The Balaban J connectivity index is 2.69. The highest BCUT2D eigenvalue weighted by Gasteiger charge is 2.23. The van der Waals surface area contributed by atoms with E-state index in [0.717, 1.165) is 12.5 Å². The van der Waals surface area contributed by atoms with Crippen molar-refractivity contribution in [3.05, 3.63) is 11.8 Å². The van der Waals surface area contributed by atoms with Crippen molar-refractivity contribution in [2.75, 3.05) is 13.7 Å². The second-order valence-corrected chi connectivity index (χ2v) is 2.93. The molecule has 1 aliphatic heterocycles. The van der Waals surface area contributed by atoms with Crippen LogP contribution in [0.25, 0.3) is 0 Å². The maximum atomic E-state index is 11.1. The molecule has 0 aromatic heterocycles. The number of cyclic esters (lactones) is 1. The summed E-state index contributed by atoms with van der Waals surface area (Å²) in [5.74, 6) is -1.08. The van der Waals surface area contributed by atoms with Crippen molar-refractivity contribution in [2.45, 2.75) is 19.4 Å². The number of morpholine rings is 1. The van der Waals surface area contributed by atoms with Crippen LogP contribution in [-0.2, 0) is 19.1 Å². The maximum Gasteiger partial charge on any atom is 0.354 e. The van der Waals surface area contributed by atoms with Gasteiger partial charge in [0, 0.05) is 0 Å². The van der Waals surface area contributed by atoms with Crippen molar-refractivity contribution in [3.8, 4) is 0 Å². The normalized spacial score (nSPS) is 24.0. The summed E-state index contributed by atoms with van der Waals surface area (Å²) in [4.78, 5) is 22.0. The summed E-state index contributed by atoms with van der Waals surface area (Å²) < 4.78 is 9.27. The van der Waals surface area contributed by atoms with Crippen LogP contribution in [0.3, 0.4) is 0 Å². The van der Waals surface area contributed by atoms with E-state index in [2.05, 4.69) is 10.1 Å². The monoisotopic (exact) mass is 199 g/mol. The van der Waals surface area contributed by atoms with Crippen molar-refractivity contribution in [3.63, 3.8) is 0 Å². The Bertz CT molecular complexity index is 272. The van der Waals surface area contributed by atoms with Gasteiger partial charge in [-0.1, -0.05) is 6.92 Å². The van der Waals surface area contributed by atoms with E-state index in [9.17, 15) is 9.59 Å². The van der Waals surface area contributed by atoms with Crippen LogP contribution in [0.2, 0.25) is 0 Å². The van der Waals surface area contributed by atoms with Crippen molar-refractivity contribution in [1.29, 1.82) is 0 Å². The van der Waals surface area contributed by atoms with E-state index >= 15 is 0 Å². The van der Waals surface area contributed by atoms with Crippen molar-refractivity contribution < 1.29 is 19.1 Å². The summed E-state index contributed by atoms with van der Waals surface area (Å²) in [6.07, 6.45) is 1.93. The molecule has 5 heteroatoms. The lowest BCUT2D eigenvalue weighted by Crippen LogP contribution is -2.42. The molecular formula is C9H13NO4. The molecule has 1 saturated heterocycles. The Morgan fingerprint density at radius 3 is 3.07 bits per heavy atom. The molecule has 1 fully saturated rings. The summed E-state index contributed by atoms with van der Waals surface area (Å²) in [6, 6.07) is 0.0728. The standard InChI is InChI=1S/C9H13NO4/c1-3-6-5-14-9(12)7(10-6)4-8(11)13-2/h4,6,10H,3,5H2,1-2H3. The molecular weight excluding hydrogens is 186 g/mol. The molecule has 0 saturated carbocycles. The topological polar surface area (TPSA) is 64.6 Å². The molecule has 1 aliphatic rings. The summed E-state index contributed by atoms with van der Waals surface area (Å²) in [5.41, 5.74) is 0.162. The van der Waals surface area contributed by atoms with Gasteiger partial charge in [-0.2, -0.15) is 0 Å². The number of carbonyl (C=O) groups is 2. The Morgan fingerprint density at radius 2 is 2.50 bits per heavy atom. The Kier molecular flexibility index (Phi) is 3.50. The van der Waals surface area contributed by atoms with Gasteiger partial charge in [-0.3, -0.25) is 0 Å². The van der Waals surface area contributed by atoms with Crippen LogP contribution in [-0.4, -0.2) is 31.7 Å². The smallest absolute Gasteiger partial charge is 0.354 e. The van der Waals surface area contributed by atoms with Gasteiger partial charge in [0.1, 0.15) is 12.3 Å². The van der Waals surface area contributed by atoms with E-state index < -0.39 is 11.9 Å². The number of carbonyl (C=O) groups excluding carboxylic acids is 2. The van der Waals surface area contributed by atoms with Gasteiger partial charge in [0.2, 0.25) is 0 Å². The first-order valence-corrected chi connectivity index (χ1v) is 4.40. The highest BCUT2D eigenvalue weighted by molar-refractivity contribution is 5.96. The lowest BCUT2D eigenvalue weighted by Gasteiger charge is -2.24. The van der Waals surface area contributed by atoms with Crippen LogP contribution in [0, 0.1) is 0 Å². The van der Waals surface area contributed by atoms with E-state index in [1.165, 1.54) is 7.11 Å². The van der Waals surface area contributed by atoms with Crippen LogP contribution in [0.5, 0.6) is 0 Å². The van der Waals surface area contributed by atoms with E-state index in [1.54, 1.807) is 0 Å². The summed E-state index contributed by atoms with van der Waals surface area (Å²) >= 11 is 0. The quantitative estimate of drug-likeness (QED) is 0.499. The third-order valence-corrected chi connectivity index (χ3v) is 1.95. The number of ether oxygens (including phenoxy) is 2. The van der Waals surface area contributed by atoms with Crippen molar-refractivity contribution >= 4 is 11.9 Å². The first kappa shape index (κ1) is 10.6. The molecule has 0 radical (unpaired) electrons. The predicted octanol–water partition coefficient (Wildman–Crippen LogP) is -0.0317.